The van der Waals surface area contributed by atoms with Crippen LogP contribution in [0.25, 0.3) is 0 Å². The van der Waals surface area contributed by atoms with E-state index in [1.54, 1.807) is 0 Å². The molecule has 0 aromatic heterocycles. The zero-order valence-electron chi connectivity index (χ0n) is 11.7. The van der Waals surface area contributed by atoms with Gasteiger partial charge in [-0.1, -0.05) is 20.3 Å². The second kappa shape index (κ2) is 6.19. The smallest absolute Gasteiger partial charge is 0.0246 e. The molecule has 0 amide bonds. The van der Waals surface area contributed by atoms with Crippen molar-refractivity contribution in [2.45, 2.75) is 58.4 Å². The molecule has 17 heavy (non-hydrogen) atoms. The van der Waals surface area contributed by atoms with Crippen molar-refractivity contribution in [3.8, 4) is 0 Å². The average Bonchev–Trinajstić information content (AvgIpc) is 2.48. The number of nitrogens with two attached hydrogens (primary N) is 1. The van der Waals surface area contributed by atoms with Crippen molar-refractivity contribution in [3.63, 3.8) is 0 Å². The maximum absolute atomic E-state index is 6.02. The van der Waals surface area contributed by atoms with Gasteiger partial charge in [-0.3, -0.25) is 4.90 Å². The van der Waals surface area contributed by atoms with Crippen molar-refractivity contribution >= 4 is 0 Å². The molecule has 1 aliphatic heterocycles. The standard InChI is InChI=1S/C15H30N2/c1-12(2)13-7-4-9-17(10-8-13)15(11-16)14-5-3-6-14/h12-15H,3-11,16H2,1-2H3. The number of nitrogens with zero attached hydrogens (tertiary/aromatic N) is 1. The summed E-state index contributed by atoms with van der Waals surface area (Å²) in [5.41, 5.74) is 6.02. The molecule has 0 aromatic carbocycles. The van der Waals surface area contributed by atoms with Gasteiger partial charge >= 0.3 is 0 Å². The molecule has 2 aliphatic rings. The summed E-state index contributed by atoms with van der Waals surface area (Å²) >= 11 is 0. The van der Waals surface area contributed by atoms with E-state index in [1.807, 2.05) is 0 Å². The second-order valence-electron chi connectivity index (χ2n) is 6.47. The molecule has 0 aromatic rings. The summed E-state index contributed by atoms with van der Waals surface area (Å²) in [6, 6.07) is 0.690. The van der Waals surface area contributed by atoms with E-state index in [4.69, 9.17) is 5.73 Å². The molecule has 2 atom stereocenters. The Morgan fingerprint density at radius 2 is 1.71 bits per heavy atom. The Morgan fingerprint density at radius 1 is 1.00 bits per heavy atom. The van der Waals surface area contributed by atoms with Gasteiger partial charge in [-0.25, -0.2) is 0 Å². The third kappa shape index (κ3) is 3.23. The molecule has 2 fully saturated rings. The molecule has 0 spiro atoms. The van der Waals surface area contributed by atoms with E-state index in [0.29, 0.717) is 6.04 Å². The van der Waals surface area contributed by atoms with E-state index < -0.39 is 0 Å². The zero-order valence-corrected chi connectivity index (χ0v) is 11.7. The molecule has 1 saturated heterocycles. The maximum Gasteiger partial charge on any atom is 0.0246 e. The molecule has 1 aliphatic carbocycles. The Hall–Kier alpha value is -0.0800. The van der Waals surface area contributed by atoms with Crippen molar-refractivity contribution in [1.82, 2.24) is 4.90 Å². The lowest BCUT2D eigenvalue weighted by molar-refractivity contribution is 0.102. The maximum atomic E-state index is 6.02. The highest BCUT2D eigenvalue weighted by molar-refractivity contribution is 4.87. The fraction of sp³-hybridized carbons (Fsp3) is 1.00. The minimum Gasteiger partial charge on any atom is -0.329 e. The van der Waals surface area contributed by atoms with Gasteiger partial charge in [0.1, 0.15) is 0 Å². The van der Waals surface area contributed by atoms with Crippen molar-refractivity contribution in [2.75, 3.05) is 19.6 Å². The van der Waals surface area contributed by atoms with Crippen LogP contribution in [0.2, 0.25) is 0 Å². The lowest BCUT2D eigenvalue weighted by Crippen LogP contribution is -2.48. The first kappa shape index (κ1) is 13.4. The van der Waals surface area contributed by atoms with Gasteiger partial charge in [-0.2, -0.15) is 0 Å². The SMILES string of the molecule is CC(C)C1CCCN(C(CN)C2CCC2)CC1. The Labute approximate surface area is 107 Å². The molecule has 2 rings (SSSR count). The normalized spacial score (nSPS) is 30.0. The first-order valence-electron chi connectivity index (χ1n) is 7.66. The van der Waals surface area contributed by atoms with Crippen LogP contribution >= 0.6 is 0 Å². The summed E-state index contributed by atoms with van der Waals surface area (Å²) < 4.78 is 0. The van der Waals surface area contributed by atoms with E-state index in [9.17, 15) is 0 Å². The van der Waals surface area contributed by atoms with Crippen LogP contribution in [0.15, 0.2) is 0 Å². The van der Waals surface area contributed by atoms with Crippen molar-refractivity contribution in [3.05, 3.63) is 0 Å². The molecule has 2 heteroatoms. The molecule has 0 bridgehead atoms. The number of hydrogen-bond donors (Lipinski definition) is 1. The zero-order chi connectivity index (χ0) is 12.3. The quantitative estimate of drug-likeness (QED) is 0.816. The second-order valence-corrected chi connectivity index (χ2v) is 6.47. The highest BCUT2D eigenvalue weighted by Gasteiger charge is 2.32. The van der Waals surface area contributed by atoms with Crippen molar-refractivity contribution in [2.24, 2.45) is 23.5 Å². The van der Waals surface area contributed by atoms with E-state index in [0.717, 1.165) is 24.3 Å². The van der Waals surface area contributed by atoms with Crippen molar-refractivity contribution in [1.29, 1.82) is 0 Å². The summed E-state index contributed by atoms with van der Waals surface area (Å²) in [4.78, 5) is 2.71. The summed E-state index contributed by atoms with van der Waals surface area (Å²) in [5, 5.41) is 0. The van der Waals surface area contributed by atoms with Gasteiger partial charge in [-0.15, -0.1) is 0 Å². The molecule has 100 valence electrons. The number of likely N-dealkylation sites (tertiary alicyclic amines) is 1. The van der Waals surface area contributed by atoms with Gasteiger partial charge < -0.3 is 5.73 Å². The largest absolute Gasteiger partial charge is 0.329 e. The predicted octanol–water partition coefficient (Wildman–Crippen LogP) is 2.87. The van der Waals surface area contributed by atoms with Crippen LogP contribution in [0.5, 0.6) is 0 Å². The predicted molar refractivity (Wildman–Crippen MR) is 73.9 cm³/mol. The van der Waals surface area contributed by atoms with Crippen LogP contribution in [0.3, 0.4) is 0 Å². The van der Waals surface area contributed by atoms with Gasteiger partial charge in [0.15, 0.2) is 0 Å². The molecule has 2 unspecified atom stereocenters. The minimum atomic E-state index is 0.690. The lowest BCUT2D eigenvalue weighted by atomic mass is 9.79. The van der Waals surface area contributed by atoms with Crippen LogP contribution in [0, 0.1) is 17.8 Å². The Kier molecular flexibility index (Phi) is 4.87. The third-order valence-corrected chi connectivity index (χ3v) is 5.15. The molecule has 2 nitrogen and oxygen atoms in total. The van der Waals surface area contributed by atoms with Crippen LogP contribution < -0.4 is 5.73 Å². The number of rotatable bonds is 4. The third-order valence-electron chi connectivity index (χ3n) is 5.15. The first-order valence-corrected chi connectivity index (χ1v) is 7.66. The van der Waals surface area contributed by atoms with E-state index in [-0.39, 0.29) is 0 Å². The van der Waals surface area contributed by atoms with Crippen molar-refractivity contribution < 1.29 is 0 Å². The van der Waals surface area contributed by atoms with E-state index >= 15 is 0 Å². The van der Waals surface area contributed by atoms with Gasteiger partial charge in [0, 0.05) is 12.6 Å². The highest BCUT2D eigenvalue weighted by Crippen LogP contribution is 2.34. The molecular formula is C15H30N2. The monoisotopic (exact) mass is 238 g/mol. The summed E-state index contributed by atoms with van der Waals surface area (Å²) in [6.07, 6.45) is 8.48. The van der Waals surface area contributed by atoms with Gasteiger partial charge in [0.25, 0.3) is 0 Å². The van der Waals surface area contributed by atoms with Crippen LogP contribution in [0.4, 0.5) is 0 Å². The molecule has 2 N–H and O–H groups in total. The Balaban J connectivity index is 1.88. The van der Waals surface area contributed by atoms with Gasteiger partial charge in [0.05, 0.1) is 0 Å². The van der Waals surface area contributed by atoms with Crippen LogP contribution in [0.1, 0.15) is 52.4 Å². The van der Waals surface area contributed by atoms with E-state index in [2.05, 4.69) is 18.7 Å². The fourth-order valence-corrected chi connectivity index (χ4v) is 3.61. The van der Waals surface area contributed by atoms with Crippen LogP contribution in [-0.2, 0) is 0 Å². The Bertz CT molecular complexity index is 223. The lowest BCUT2D eigenvalue weighted by Gasteiger charge is -2.40. The van der Waals surface area contributed by atoms with Gasteiger partial charge in [-0.05, 0) is 62.9 Å². The Morgan fingerprint density at radius 3 is 2.24 bits per heavy atom. The first-order chi connectivity index (χ1) is 8.22. The molecule has 0 radical (unpaired) electrons. The average molecular weight is 238 g/mol. The van der Waals surface area contributed by atoms with Gasteiger partial charge in [0.2, 0.25) is 0 Å². The summed E-state index contributed by atoms with van der Waals surface area (Å²) in [5.74, 6) is 2.71. The number of hydrogen-bond acceptors (Lipinski definition) is 2. The minimum absolute atomic E-state index is 0.690. The highest BCUT2D eigenvalue weighted by atomic mass is 15.2. The summed E-state index contributed by atoms with van der Waals surface area (Å²) in [7, 11) is 0. The molecule has 1 heterocycles. The topological polar surface area (TPSA) is 29.3 Å². The van der Waals surface area contributed by atoms with Crippen LogP contribution in [-0.4, -0.2) is 30.6 Å². The van der Waals surface area contributed by atoms with E-state index in [1.165, 1.54) is 51.6 Å². The molecular weight excluding hydrogens is 208 g/mol. The fourth-order valence-electron chi connectivity index (χ4n) is 3.61. The molecule has 1 saturated carbocycles. The summed E-state index contributed by atoms with van der Waals surface area (Å²) in [6.45, 7) is 8.22.